The van der Waals surface area contributed by atoms with Crippen LogP contribution in [0.1, 0.15) is 36.1 Å². The van der Waals surface area contributed by atoms with Crippen molar-refractivity contribution in [3.8, 4) is 0 Å². The Labute approximate surface area is 326 Å². The summed E-state index contributed by atoms with van der Waals surface area (Å²) in [6.45, 7) is 5.79. The van der Waals surface area contributed by atoms with Gasteiger partial charge in [0.1, 0.15) is 36.9 Å². The van der Waals surface area contributed by atoms with Crippen molar-refractivity contribution in [3.05, 3.63) is 149 Å². The molecule has 11 nitrogen and oxygen atoms in total. The third-order valence-corrected chi connectivity index (χ3v) is 10.9. The van der Waals surface area contributed by atoms with Crippen LogP contribution in [0.2, 0.25) is 0 Å². The van der Waals surface area contributed by atoms with Crippen LogP contribution in [0.4, 0.5) is 5.69 Å². The average Bonchev–Trinajstić information content (AvgIpc) is 3.10. The fourth-order valence-corrected chi connectivity index (χ4v) is 7.33. The summed E-state index contributed by atoms with van der Waals surface area (Å²) in [6, 6.07) is 25.2. The number of hydrogen-bond acceptors (Lipinski definition) is 10. The second-order valence-electron chi connectivity index (χ2n) is 11.7. The molecule has 0 fully saturated rings. The van der Waals surface area contributed by atoms with Gasteiger partial charge in [0.15, 0.2) is 12.3 Å². The number of rotatable bonds is 12. The van der Waals surface area contributed by atoms with E-state index in [2.05, 4.69) is 0 Å². The van der Waals surface area contributed by atoms with Crippen molar-refractivity contribution in [2.24, 2.45) is 0 Å². The van der Waals surface area contributed by atoms with E-state index in [0.29, 0.717) is 42.9 Å². The number of hydrogen-bond donors (Lipinski definition) is 0. The van der Waals surface area contributed by atoms with Crippen LogP contribution >= 0.6 is 0 Å². The summed E-state index contributed by atoms with van der Waals surface area (Å²) < 4.78 is 106. The van der Waals surface area contributed by atoms with Gasteiger partial charge in [-0.1, -0.05) is 48.5 Å². The average molecular weight is 770 g/mol. The van der Waals surface area contributed by atoms with E-state index >= 15 is 0 Å². The predicted molar refractivity (Wildman–Crippen MR) is 190 cm³/mol. The molecule has 0 heterocycles. The van der Waals surface area contributed by atoms with Gasteiger partial charge in [-0.05, 0) is 102 Å². The molecule has 0 bridgehead atoms. The minimum atomic E-state index is -4.66. The van der Waals surface area contributed by atoms with E-state index in [1.54, 1.807) is 24.3 Å². The summed E-state index contributed by atoms with van der Waals surface area (Å²) in [6.07, 6.45) is 7.64. The van der Waals surface area contributed by atoms with Gasteiger partial charge >= 0.3 is 29.6 Å². The maximum absolute atomic E-state index is 11.6. The Morgan fingerprint density at radius 3 is 1.58 bits per heavy atom. The maximum atomic E-state index is 11.6. The quantitative estimate of drug-likeness (QED) is 0.118. The molecule has 0 aromatic heterocycles. The molecule has 0 N–H and O–H groups in total. The standard InChI is InChI=1S/C37H36N2O9S3.Na/c1-3-38(25-27-7-5-9-35(23-27)50(43,44)45)32-17-11-29(12-18-32)37(31-15-21-34(22-16-31)49(40,41)42)30-13-19-33(20-14-30)39(4-2)26-28-8-6-10-36(24-28)51(46,47)48;/h5-24H,3-4,25-26H2,1-2H3,(H2-,40,41,42,43,44,45,46,47,48);/q;+1/p-2. The molecular formula is C37H34N2NaO9S3-. The Morgan fingerprint density at radius 2 is 1.10 bits per heavy atom. The molecule has 0 unspecified atom stereocenters. The van der Waals surface area contributed by atoms with Crippen molar-refractivity contribution in [3.63, 3.8) is 0 Å². The molecular weight excluding hydrogens is 736 g/mol. The zero-order valence-electron chi connectivity index (χ0n) is 28.7. The number of nitrogens with zero attached hydrogens (tertiary/aromatic N) is 2. The summed E-state index contributed by atoms with van der Waals surface area (Å²) >= 11 is 0. The van der Waals surface area contributed by atoms with Crippen molar-refractivity contribution in [1.82, 2.24) is 0 Å². The van der Waals surface area contributed by atoms with Crippen LogP contribution in [0.15, 0.2) is 142 Å². The molecule has 15 heteroatoms. The fourth-order valence-electron chi connectivity index (χ4n) is 5.78. The van der Waals surface area contributed by atoms with Gasteiger partial charge in [0, 0.05) is 36.5 Å². The first-order chi connectivity index (χ1) is 24.1. The van der Waals surface area contributed by atoms with Gasteiger partial charge in [-0.25, -0.2) is 29.8 Å². The van der Waals surface area contributed by atoms with Crippen molar-refractivity contribution < 1.29 is 73.0 Å². The normalized spacial score (nSPS) is 13.1. The summed E-state index contributed by atoms with van der Waals surface area (Å²) in [7, 11) is -13.8. The summed E-state index contributed by atoms with van der Waals surface area (Å²) in [5, 5.41) is 0. The topological polar surface area (TPSA) is 178 Å². The van der Waals surface area contributed by atoms with Crippen molar-refractivity contribution in [2.45, 2.75) is 41.6 Å². The van der Waals surface area contributed by atoms with E-state index in [4.69, 9.17) is 0 Å². The van der Waals surface area contributed by atoms with E-state index in [1.165, 1.54) is 48.5 Å². The molecule has 0 radical (unpaired) electrons. The summed E-state index contributed by atoms with van der Waals surface area (Å²) in [5.74, 6) is 0. The number of anilines is 1. The summed E-state index contributed by atoms with van der Waals surface area (Å²) in [5.41, 5.74) is 6.00. The molecule has 0 spiro atoms. The first-order valence-corrected chi connectivity index (χ1v) is 20.0. The van der Waals surface area contributed by atoms with E-state index in [0.717, 1.165) is 28.1 Å². The van der Waals surface area contributed by atoms with Crippen LogP contribution in [0.3, 0.4) is 0 Å². The molecule has 0 amide bonds. The van der Waals surface area contributed by atoms with Crippen molar-refractivity contribution in [1.29, 1.82) is 0 Å². The smallest absolute Gasteiger partial charge is 0.744 e. The molecule has 0 saturated carbocycles. The molecule has 0 saturated heterocycles. The van der Waals surface area contributed by atoms with Gasteiger partial charge in [-0.15, -0.1) is 0 Å². The van der Waals surface area contributed by atoms with Crippen molar-refractivity contribution in [2.75, 3.05) is 18.0 Å². The van der Waals surface area contributed by atoms with Gasteiger partial charge in [0.25, 0.3) is 0 Å². The molecule has 4 aromatic rings. The van der Waals surface area contributed by atoms with Crippen LogP contribution in [-0.4, -0.2) is 62.3 Å². The Hall–Kier alpha value is -3.70. The second kappa shape index (κ2) is 17.0. The van der Waals surface area contributed by atoms with Crippen LogP contribution in [0.25, 0.3) is 5.57 Å². The minimum Gasteiger partial charge on any atom is -0.744 e. The van der Waals surface area contributed by atoms with Crippen molar-refractivity contribution >= 4 is 47.3 Å². The van der Waals surface area contributed by atoms with Crippen LogP contribution in [-0.2, 0) is 43.4 Å². The van der Waals surface area contributed by atoms with E-state index in [1.807, 2.05) is 71.9 Å². The Kier molecular flexibility index (Phi) is 13.4. The molecule has 1 aliphatic carbocycles. The third kappa shape index (κ3) is 10.2. The van der Waals surface area contributed by atoms with Crippen LogP contribution in [0, 0.1) is 0 Å². The van der Waals surface area contributed by atoms with E-state index < -0.39 is 30.4 Å². The maximum Gasteiger partial charge on any atom is 1.00 e. The van der Waals surface area contributed by atoms with Gasteiger partial charge in [0.2, 0.25) is 0 Å². The van der Waals surface area contributed by atoms with Crippen LogP contribution < -0.4 is 34.5 Å². The minimum absolute atomic E-state index is 0. The molecule has 1 aliphatic rings. The summed E-state index contributed by atoms with van der Waals surface area (Å²) in [4.78, 5) is 1.08. The van der Waals surface area contributed by atoms with Gasteiger partial charge in [-0.2, -0.15) is 0 Å². The Balaban J connectivity index is 0.00000605. The molecule has 0 atom stereocenters. The number of benzene rings is 4. The number of allylic oxidation sites excluding steroid dienone is 5. The predicted octanol–water partition coefficient (Wildman–Crippen LogP) is 2.03. The zero-order chi connectivity index (χ0) is 37.0. The zero-order valence-corrected chi connectivity index (χ0v) is 33.1. The van der Waals surface area contributed by atoms with Gasteiger partial charge in [-0.3, -0.25) is 0 Å². The van der Waals surface area contributed by atoms with E-state index in [9.17, 15) is 38.9 Å². The first kappa shape index (κ1) is 41.1. The Morgan fingerprint density at radius 1 is 0.615 bits per heavy atom. The van der Waals surface area contributed by atoms with Crippen LogP contribution in [0.5, 0.6) is 0 Å². The van der Waals surface area contributed by atoms with Gasteiger partial charge < -0.3 is 18.6 Å². The Bertz CT molecular complexity index is 2390. The SMILES string of the molecule is CCN(Cc1cccc(S(=O)(=O)[O-])c1)c1ccc(C(=C2C=CC(=[N+](CC)Cc3cccc(S(=O)(=O)[O-])c3)C=C2)c2ccc(S(=O)(=O)[O-])cc2)cc1.[Na+]. The second-order valence-corrected chi connectivity index (χ2v) is 15.8. The van der Waals surface area contributed by atoms with E-state index in [-0.39, 0.29) is 44.2 Å². The molecule has 52 heavy (non-hydrogen) atoms. The molecule has 0 aliphatic heterocycles. The van der Waals surface area contributed by atoms with Gasteiger partial charge in [0.05, 0.1) is 14.7 Å². The molecule has 266 valence electrons. The third-order valence-electron chi connectivity index (χ3n) is 8.36. The monoisotopic (exact) mass is 769 g/mol. The largest absolute Gasteiger partial charge is 1.00 e. The molecule has 4 aromatic carbocycles. The fraction of sp³-hybridized carbons (Fsp3) is 0.162. The molecule has 5 rings (SSSR count). The first-order valence-electron chi connectivity index (χ1n) is 15.8.